The van der Waals surface area contributed by atoms with Crippen molar-refractivity contribution >= 4 is 33.2 Å². The van der Waals surface area contributed by atoms with Crippen molar-refractivity contribution in [3.8, 4) is 0 Å². The molecule has 2 N–H and O–H groups in total. The van der Waals surface area contributed by atoms with Crippen molar-refractivity contribution in [2.45, 2.75) is 19.9 Å². The molecule has 1 rings (SSSR count). The quantitative estimate of drug-likeness (QED) is 0.749. The highest BCUT2D eigenvalue weighted by atomic mass is 35.5. The molecule has 0 aliphatic carbocycles. The zero-order chi connectivity index (χ0) is 15.3. The Labute approximate surface area is 128 Å². The molecule has 0 spiro atoms. The summed E-state index contributed by atoms with van der Waals surface area (Å²) < 4.78 is 38.7. The van der Waals surface area contributed by atoms with Crippen LogP contribution in [0.5, 0.6) is 0 Å². The van der Waals surface area contributed by atoms with Gasteiger partial charge in [-0.25, -0.2) is 17.5 Å². The third-order valence-electron chi connectivity index (χ3n) is 2.69. The Morgan fingerprint density at radius 2 is 1.95 bits per heavy atom. The topological polar surface area (TPSA) is 58.2 Å². The van der Waals surface area contributed by atoms with Gasteiger partial charge in [-0.05, 0) is 24.6 Å². The van der Waals surface area contributed by atoms with Crippen molar-refractivity contribution in [3.05, 3.63) is 33.6 Å². The van der Waals surface area contributed by atoms with Crippen molar-refractivity contribution in [1.29, 1.82) is 0 Å². The van der Waals surface area contributed by atoms with Crippen LogP contribution in [-0.4, -0.2) is 27.3 Å². The Balaban J connectivity index is 2.64. The van der Waals surface area contributed by atoms with Gasteiger partial charge in [-0.2, -0.15) is 0 Å². The Kier molecular flexibility index (Phi) is 6.68. The molecule has 1 aromatic carbocycles. The molecular weight excluding hydrogens is 326 g/mol. The summed E-state index contributed by atoms with van der Waals surface area (Å²) in [5.74, 6) is -0.612. The van der Waals surface area contributed by atoms with Crippen LogP contribution in [0.15, 0.2) is 12.1 Å². The minimum absolute atomic E-state index is 0.0410. The molecule has 0 amide bonds. The third kappa shape index (κ3) is 5.18. The molecule has 114 valence electrons. The molecular formula is C12H17Cl2FN2O2S. The zero-order valence-electron chi connectivity index (χ0n) is 11.2. The van der Waals surface area contributed by atoms with E-state index in [0.717, 1.165) is 0 Å². The van der Waals surface area contributed by atoms with E-state index in [9.17, 15) is 12.8 Å². The lowest BCUT2D eigenvalue weighted by Gasteiger charge is -2.16. The van der Waals surface area contributed by atoms with Gasteiger partial charge in [0.15, 0.2) is 0 Å². The summed E-state index contributed by atoms with van der Waals surface area (Å²) in [6.45, 7) is 4.07. The van der Waals surface area contributed by atoms with Crippen molar-refractivity contribution in [1.82, 2.24) is 10.0 Å². The Morgan fingerprint density at radius 3 is 2.55 bits per heavy atom. The standard InChI is InChI=1S/C12H17Cl2FN2O2S/c1-3-17-20(18,19)5-4-16-8(2)9-6-12(15)11(14)7-10(9)13/h6-8,16-17H,3-5H2,1-2H3. The van der Waals surface area contributed by atoms with Gasteiger partial charge in [-0.3, -0.25) is 0 Å². The number of benzene rings is 1. The molecule has 20 heavy (non-hydrogen) atoms. The van der Waals surface area contributed by atoms with Gasteiger partial charge in [0, 0.05) is 24.2 Å². The van der Waals surface area contributed by atoms with E-state index < -0.39 is 15.8 Å². The maximum Gasteiger partial charge on any atom is 0.212 e. The number of nitrogens with one attached hydrogen (secondary N) is 2. The van der Waals surface area contributed by atoms with E-state index in [0.29, 0.717) is 17.1 Å². The largest absolute Gasteiger partial charge is 0.309 e. The molecule has 0 heterocycles. The summed E-state index contributed by atoms with van der Waals surface area (Å²) in [5, 5.41) is 3.29. The van der Waals surface area contributed by atoms with Gasteiger partial charge in [-0.1, -0.05) is 30.1 Å². The molecule has 0 fully saturated rings. The smallest absolute Gasteiger partial charge is 0.212 e. The summed E-state index contributed by atoms with van der Waals surface area (Å²) >= 11 is 11.6. The van der Waals surface area contributed by atoms with Crippen LogP contribution in [0.25, 0.3) is 0 Å². The highest BCUT2D eigenvalue weighted by molar-refractivity contribution is 7.89. The lowest BCUT2D eigenvalue weighted by atomic mass is 10.1. The molecule has 1 unspecified atom stereocenters. The van der Waals surface area contributed by atoms with Crippen LogP contribution in [0.4, 0.5) is 4.39 Å². The third-order valence-corrected chi connectivity index (χ3v) is 4.78. The van der Waals surface area contributed by atoms with E-state index in [1.54, 1.807) is 13.8 Å². The maximum atomic E-state index is 13.4. The van der Waals surface area contributed by atoms with Crippen LogP contribution in [0.2, 0.25) is 10.0 Å². The first-order chi connectivity index (χ1) is 9.26. The lowest BCUT2D eigenvalue weighted by Crippen LogP contribution is -2.32. The van der Waals surface area contributed by atoms with Gasteiger partial charge >= 0.3 is 0 Å². The fourth-order valence-electron chi connectivity index (χ4n) is 1.68. The molecule has 4 nitrogen and oxygen atoms in total. The Morgan fingerprint density at radius 1 is 1.30 bits per heavy atom. The van der Waals surface area contributed by atoms with Crippen LogP contribution in [-0.2, 0) is 10.0 Å². The monoisotopic (exact) mass is 342 g/mol. The van der Waals surface area contributed by atoms with E-state index in [-0.39, 0.29) is 23.4 Å². The zero-order valence-corrected chi connectivity index (χ0v) is 13.5. The SMILES string of the molecule is CCNS(=O)(=O)CCNC(C)c1cc(F)c(Cl)cc1Cl. The molecule has 0 bridgehead atoms. The molecule has 0 saturated carbocycles. The minimum atomic E-state index is -3.28. The second kappa shape index (κ2) is 7.56. The fourth-order valence-corrected chi connectivity index (χ4v) is 3.20. The van der Waals surface area contributed by atoms with Gasteiger partial charge in [0.1, 0.15) is 5.82 Å². The van der Waals surface area contributed by atoms with Crippen molar-refractivity contribution in [2.75, 3.05) is 18.8 Å². The molecule has 0 aliphatic rings. The van der Waals surface area contributed by atoms with E-state index in [1.165, 1.54) is 12.1 Å². The predicted octanol–water partition coefficient (Wildman–Crippen LogP) is 2.72. The number of hydrogen-bond acceptors (Lipinski definition) is 3. The van der Waals surface area contributed by atoms with E-state index in [4.69, 9.17) is 23.2 Å². The van der Waals surface area contributed by atoms with E-state index in [1.807, 2.05) is 0 Å². The summed E-state index contributed by atoms with van der Waals surface area (Å²) in [5.41, 5.74) is 0.536. The minimum Gasteiger partial charge on any atom is -0.309 e. The first kappa shape index (κ1) is 17.7. The maximum absolute atomic E-state index is 13.4. The van der Waals surface area contributed by atoms with Crippen LogP contribution in [0, 0.1) is 5.82 Å². The number of halogens is 3. The van der Waals surface area contributed by atoms with E-state index in [2.05, 4.69) is 10.0 Å². The molecule has 8 heteroatoms. The van der Waals surface area contributed by atoms with Gasteiger partial charge in [0.05, 0.1) is 10.8 Å². The second-order valence-electron chi connectivity index (χ2n) is 4.28. The molecule has 1 atom stereocenters. The first-order valence-electron chi connectivity index (χ1n) is 6.12. The molecule has 0 saturated heterocycles. The molecule has 0 radical (unpaired) electrons. The van der Waals surface area contributed by atoms with E-state index >= 15 is 0 Å². The predicted molar refractivity (Wildman–Crippen MR) is 80.3 cm³/mol. The average Bonchev–Trinajstić information content (AvgIpc) is 2.33. The van der Waals surface area contributed by atoms with Crippen LogP contribution < -0.4 is 10.0 Å². The normalized spacial score (nSPS) is 13.4. The van der Waals surface area contributed by atoms with Gasteiger partial charge in [-0.15, -0.1) is 0 Å². The van der Waals surface area contributed by atoms with Gasteiger partial charge in [0.25, 0.3) is 0 Å². The average molecular weight is 343 g/mol. The summed E-state index contributed by atoms with van der Waals surface area (Å²) in [7, 11) is -3.28. The molecule has 0 aromatic heterocycles. The lowest BCUT2D eigenvalue weighted by molar-refractivity contribution is 0.560. The van der Waals surface area contributed by atoms with Crippen LogP contribution >= 0.6 is 23.2 Å². The fraction of sp³-hybridized carbons (Fsp3) is 0.500. The van der Waals surface area contributed by atoms with Crippen LogP contribution in [0.1, 0.15) is 25.5 Å². The van der Waals surface area contributed by atoms with Crippen molar-refractivity contribution in [3.63, 3.8) is 0 Å². The van der Waals surface area contributed by atoms with Gasteiger partial charge in [0.2, 0.25) is 10.0 Å². The highest BCUT2D eigenvalue weighted by Gasteiger charge is 2.14. The van der Waals surface area contributed by atoms with Crippen molar-refractivity contribution in [2.24, 2.45) is 0 Å². The molecule has 1 aromatic rings. The first-order valence-corrected chi connectivity index (χ1v) is 8.52. The molecule has 0 aliphatic heterocycles. The summed E-state index contributed by atoms with van der Waals surface area (Å²) in [6, 6.07) is 2.30. The highest BCUT2D eigenvalue weighted by Crippen LogP contribution is 2.28. The number of sulfonamides is 1. The van der Waals surface area contributed by atoms with Crippen LogP contribution in [0.3, 0.4) is 0 Å². The second-order valence-corrected chi connectivity index (χ2v) is 7.02. The number of rotatable bonds is 7. The number of hydrogen-bond donors (Lipinski definition) is 2. The summed E-state index contributed by atoms with van der Waals surface area (Å²) in [6.07, 6.45) is 0. The summed E-state index contributed by atoms with van der Waals surface area (Å²) in [4.78, 5) is 0. The van der Waals surface area contributed by atoms with Gasteiger partial charge < -0.3 is 5.32 Å². The van der Waals surface area contributed by atoms with Crippen molar-refractivity contribution < 1.29 is 12.8 Å². The Bertz CT molecular complexity index is 567. The Hall–Kier alpha value is -0.400.